The average Bonchev–Trinajstić information content (AvgIpc) is 2.81. The van der Waals surface area contributed by atoms with Gasteiger partial charge < -0.3 is 0 Å². The molecule has 0 N–H and O–H groups in total. The van der Waals surface area contributed by atoms with Crippen molar-refractivity contribution in [3.05, 3.63) is 0 Å². The van der Waals surface area contributed by atoms with Gasteiger partial charge in [0.1, 0.15) is 0 Å². The van der Waals surface area contributed by atoms with Crippen LogP contribution in [0.25, 0.3) is 0 Å². The van der Waals surface area contributed by atoms with Crippen LogP contribution in [0.2, 0.25) is 0 Å². The SMILES string of the molecule is CC(C)C1CCC2(SCCS2)C2CCCC(C)C12C. The van der Waals surface area contributed by atoms with Gasteiger partial charge in [-0.3, -0.25) is 0 Å². The van der Waals surface area contributed by atoms with Crippen molar-refractivity contribution in [2.24, 2.45) is 29.1 Å². The topological polar surface area (TPSA) is 0 Å². The minimum Gasteiger partial charge on any atom is -0.143 e. The molecule has 4 unspecified atom stereocenters. The molecule has 110 valence electrons. The lowest BCUT2D eigenvalue weighted by Gasteiger charge is -2.61. The van der Waals surface area contributed by atoms with E-state index in [0.717, 1.165) is 23.7 Å². The number of thioether (sulfide) groups is 2. The first-order chi connectivity index (χ1) is 9.01. The summed E-state index contributed by atoms with van der Waals surface area (Å²) in [7, 11) is 0. The Hall–Kier alpha value is 0.700. The van der Waals surface area contributed by atoms with Crippen LogP contribution >= 0.6 is 23.5 Å². The van der Waals surface area contributed by atoms with Gasteiger partial charge in [0, 0.05) is 11.5 Å². The van der Waals surface area contributed by atoms with Crippen molar-refractivity contribution in [3.8, 4) is 0 Å². The van der Waals surface area contributed by atoms with Crippen molar-refractivity contribution in [3.63, 3.8) is 0 Å². The van der Waals surface area contributed by atoms with Crippen molar-refractivity contribution in [2.75, 3.05) is 11.5 Å². The molecule has 1 spiro atoms. The number of fused-ring (bicyclic) bond motifs is 2. The highest BCUT2D eigenvalue weighted by molar-refractivity contribution is 8.21. The van der Waals surface area contributed by atoms with E-state index in [1.54, 1.807) is 0 Å². The van der Waals surface area contributed by atoms with E-state index in [2.05, 4.69) is 51.2 Å². The molecule has 2 aliphatic carbocycles. The van der Waals surface area contributed by atoms with Crippen LogP contribution in [-0.4, -0.2) is 15.6 Å². The Morgan fingerprint density at radius 3 is 2.37 bits per heavy atom. The van der Waals surface area contributed by atoms with E-state index in [0.29, 0.717) is 9.49 Å². The van der Waals surface area contributed by atoms with Gasteiger partial charge in [-0.1, -0.05) is 40.5 Å². The first-order valence-electron chi connectivity index (χ1n) is 8.28. The second kappa shape index (κ2) is 5.16. The highest BCUT2D eigenvalue weighted by atomic mass is 32.2. The molecule has 2 saturated carbocycles. The summed E-state index contributed by atoms with van der Waals surface area (Å²) in [5.41, 5.74) is 0.606. The lowest BCUT2D eigenvalue weighted by Crippen LogP contribution is -2.56. The van der Waals surface area contributed by atoms with Gasteiger partial charge in [0.15, 0.2) is 0 Å². The summed E-state index contributed by atoms with van der Waals surface area (Å²) in [6.45, 7) is 10.2. The van der Waals surface area contributed by atoms with Gasteiger partial charge in [-0.05, 0) is 48.3 Å². The minimum absolute atomic E-state index is 0.606. The maximum atomic E-state index is 2.67. The molecule has 0 aromatic carbocycles. The number of rotatable bonds is 1. The molecule has 0 amide bonds. The molecule has 19 heavy (non-hydrogen) atoms. The van der Waals surface area contributed by atoms with E-state index in [-0.39, 0.29) is 0 Å². The number of hydrogen-bond acceptors (Lipinski definition) is 2. The highest BCUT2D eigenvalue weighted by Gasteiger charge is 2.60. The Labute approximate surface area is 128 Å². The molecule has 1 saturated heterocycles. The Morgan fingerprint density at radius 1 is 1.05 bits per heavy atom. The minimum atomic E-state index is 0.606. The molecular formula is C17H30S2. The standard InChI is InChI=1S/C17H30S2/c1-12(2)14-8-9-17(18-10-11-19-17)15-7-5-6-13(3)16(14,15)4/h12-15H,5-11H2,1-4H3. The van der Waals surface area contributed by atoms with E-state index >= 15 is 0 Å². The van der Waals surface area contributed by atoms with Crippen LogP contribution in [0.15, 0.2) is 0 Å². The van der Waals surface area contributed by atoms with Crippen LogP contribution in [0.5, 0.6) is 0 Å². The fraction of sp³-hybridized carbons (Fsp3) is 1.00. The van der Waals surface area contributed by atoms with Crippen LogP contribution in [0.3, 0.4) is 0 Å². The molecule has 1 heterocycles. The monoisotopic (exact) mass is 298 g/mol. The second-order valence-electron chi connectivity index (χ2n) is 7.65. The van der Waals surface area contributed by atoms with E-state index in [1.807, 2.05) is 0 Å². The van der Waals surface area contributed by atoms with Gasteiger partial charge in [0.25, 0.3) is 0 Å². The highest BCUT2D eigenvalue weighted by Crippen LogP contribution is 2.68. The van der Waals surface area contributed by atoms with Gasteiger partial charge in [0.05, 0.1) is 4.08 Å². The van der Waals surface area contributed by atoms with Gasteiger partial charge in [-0.25, -0.2) is 0 Å². The third-order valence-corrected chi connectivity index (χ3v) is 10.4. The summed E-state index contributed by atoms with van der Waals surface area (Å²) in [6, 6.07) is 0. The fourth-order valence-corrected chi connectivity index (χ4v) is 9.48. The molecule has 0 nitrogen and oxygen atoms in total. The van der Waals surface area contributed by atoms with Gasteiger partial charge >= 0.3 is 0 Å². The zero-order valence-electron chi connectivity index (χ0n) is 13.1. The summed E-state index contributed by atoms with van der Waals surface area (Å²) in [6.07, 6.45) is 7.42. The van der Waals surface area contributed by atoms with Crippen LogP contribution in [0, 0.1) is 29.1 Å². The van der Waals surface area contributed by atoms with Crippen LogP contribution in [0.1, 0.15) is 59.8 Å². The predicted molar refractivity (Wildman–Crippen MR) is 89.8 cm³/mol. The van der Waals surface area contributed by atoms with E-state index in [4.69, 9.17) is 0 Å². The first-order valence-corrected chi connectivity index (χ1v) is 10.3. The van der Waals surface area contributed by atoms with Crippen molar-refractivity contribution >= 4 is 23.5 Å². The van der Waals surface area contributed by atoms with Gasteiger partial charge in [-0.15, -0.1) is 23.5 Å². The van der Waals surface area contributed by atoms with Crippen molar-refractivity contribution in [1.29, 1.82) is 0 Å². The van der Waals surface area contributed by atoms with E-state index in [1.165, 1.54) is 43.6 Å². The van der Waals surface area contributed by atoms with Crippen molar-refractivity contribution in [2.45, 2.75) is 63.9 Å². The third-order valence-electron chi connectivity index (χ3n) is 6.66. The van der Waals surface area contributed by atoms with Crippen molar-refractivity contribution < 1.29 is 0 Å². The Bertz CT molecular complexity index is 332. The Kier molecular flexibility index (Phi) is 3.97. The first kappa shape index (κ1) is 14.6. The maximum absolute atomic E-state index is 2.67. The lowest BCUT2D eigenvalue weighted by molar-refractivity contribution is -0.0647. The predicted octanol–water partition coefficient (Wildman–Crippen LogP) is 5.67. The molecule has 0 aromatic rings. The molecule has 4 atom stereocenters. The van der Waals surface area contributed by atoms with Gasteiger partial charge in [0.2, 0.25) is 0 Å². The summed E-state index contributed by atoms with van der Waals surface area (Å²) >= 11 is 4.66. The Morgan fingerprint density at radius 2 is 1.74 bits per heavy atom. The van der Waals surface area contributed by atoms with Crippen LogP contribution < -0.4 is 0 Å². The molecule has 2 heteroatoms. The molecule has 3 rings (SSSR count). The molecular weight excluding hydrogens is 268 g/mol. The molecule has 3 fully saturated rings. The lowest BCUT2D eigenvalue weighted by atomic mass is 9.49. The molecule has 0 bridgehead atoms. The van der Waals surface area contributed by atoms with E-state index in [9.17, 15) is 0 Å². The second-order valence-corrected chi connectivity index (χ2v) is 10.8. The maximum Gasteiger partial charge on any atom is 0.0645 e. The summed E-state index contributed by atoms with van der Waals surface area (Å²) in [4.78, 5) is 0. The smallest absolute Gasteiger partial charge is 0.0645 e. The summed E-state index contributed by atoms with van der Waals surface area (Å²) < 4.78 is 0.606. The largest absolute Gasteiger partial charge is 0.143 e. The van der Waals surface area contributed by atoms with Crippen LogP contribution in [0.4, 0.5) is 0 Å². The third kappa shape index (κ3) is 2.11. The summed E-state index contributed by atoms with van der Waals surface area (Å²) in [5.74, 6) is 6.53. The zero-order valence-corrected chi connectivity index (χ0v) is 14.7. The normalized spacial score (nSPS) is 45.6. The quantitative estimate of drug-likeness (QED) is 0.611. The average molecular weight is 299 g/mol. The molecule has 0 aromatic heterocycles. The van der Waals surface area contributed by atoms with E-state index < -0.39 is 0 Å². The fourth-order valence-electron chi connectivity index (χ4n) is 5.62. The molecule has 0 radical (unpaired) electrons. The van der Waals surface area contributed by atoms with Crippen LogP contribution in [-0.2, 0) is 0 Å². The van der Waals surface area contributed by atoms with Gasteiger partial charge in [-0.2, -0.15) is 0 Å². The molecule has 3 aliphatic rings. The molecule has 1 aliphatic heterocycles. The summed E-state index contributed by atoms with van der Waals surface area (Å²) in [5, 5.41) is 0. The Balaban J connectivity index is 1.98. The number of hydrogen-bond donors (Lipinski definition) is 0. The van der Waals surface area contributed by atoms with Crippen molar-refractivity contribution in [1.82, 2.24) is 0 Å². The zero-order chi connectivity index (χ0) is 13.7.